The lowest BCUT2D eigenvalue weighted by atomic mass is 10.2. The Bertz CT molecular complexity index is 505. The molecule has 1 aromatic heterocycles. The maximum absolute atomic E-state index is 11.1. The fourth-order valence-electron chi connectivity index (χ4n) is 1.95. The molecule has 0 aromatic carbocycles. The molecule has 7 heteroatoms. The van der Waals surface area contributed by atoms with Crippen molar-refractivity contribution in [2.45, 2.75) is 24.9 Å². The van der Waals surface area contributed by atoms with Crippen molar-refractivity contribution in [3.8, 4) is 12.3 Å². The van der Waals surface area contributed by atoms with Gasteiger partial charge < -0.3 is 20.7 Å². The van der Waals surface area contributed by atoms with Crippen molar-refractivity contribution in [3.05, 3.63) is 17.7 Å². The summed E-state index contributed by atoms with van der Waals surface area (Å²) >= 11 is 0. The van der Waals surface area contributed by atoms with E-state index in [1.54, 1.807) is 0 Å². The van der Waals surface area contributed by atoms with Crippen molar-refractivity contribution in [1.82, 2.24) is 9.55 Å². The Labute approximate surface area is 103 Å². The van der Waals surface area contributed by atoms with Crippen molar-refractivity contribution >= 4 is 5.91 Å². The lowest BCUT2D eigenvalue weighted by Gasteiger charge is -2.14. The third-order valence-electron chi connectivity index (χ3n) is 2.86. The number of aromatic nitrogens is 2. The lowest BCUT2D eigenvalue weighted by Crippen LogP contribution is -2.24. The molecular weight excluding hydrogens is 238 g/mol. The zero-order valence-electron chi connectivity index (χ0n) is 9.48. The Kier molecular flexibility index (Phi) is 3.34. The van der Waals surface area contributed by atoms with Crippen LogP contribution in [0.5, 0.6) is 0 Å². The number of aliphatic hydroxyl groups excluding tert-OH is 2. The number of nitrogens with zero attached hydrogens (tertiary/aromatic N) is 2. The maximum atomic E-state index is 11.1. The van der Waals surface area contributed by atoms with Crippen molar-refractivity contribution in [1.29, 1.82) is 0 Å². The molecule has 0 aliphatic carbocycles. The molecule has 4 N–H and O–H groups in total. The highest BCUT2D eigenvalue weighted by Crippen LogP contribution is 2.29. The molecule has 0 bridgehead atoms. The summed E-state index contributed by atoms with van der Waals surface area (Å²) in [6, 6.07) is 0. The van der Waals surface area contributed by atoms with Crippen LogP contribution in [-0.4, -0.2) is 44.5 Å². The largest absolute Gasteiger partial charge is 0.394 e. The van der Waals surface area contributed by atoms with Crippen molar-refractivity contribution in [3.63, 3.8) is 0 Å². The van der Waals surface area contributed by atoms with Crippen molar-refractivity contribution in [2.24, 2.45) is 5.73 Å². The number of carbonyl (C=O) groups excluding carboxylic acids is 1. The molecule has 1 aliphatic heterocycles. The molecule has 18 heavy (non-hydrogen) atoms. The van der Waals surface area contributed by atoms with Crippen molar-refractivity contribution in [2.75, 3.05) is 6.61 Å². The molecule has 7 nitrogen and oxygen atoms in total. The SMILES string of the molecule is C#Cc1c(C(N)=O)ncn1[C@H]1C[C@H](O)[C@@H](CO)O1. The van der Waals surface area contributed by atoms with Crippen LogP contribution in [0.1, 0.15) is 28.8 Å². The average Bonchev–Trinajstić information content (AvgIpc) is 2.91. The summed E-state index contributed by atoms with van der Waals surface area (Å²) < 4.78 is 6.88. The maximum Gasteiger partial charge on any atom is 0.270 e. The second-order valence-electron chi connectivity index (χ2n) is 3.97. The van der Waals surface area contributed by atoms with Gasteiger partial charge in [0.05, 0.1) is 19.0 Å². The van der Waals surface area contributed by atoms with E-state index in [4.69, 9.17) is 22.0 Å². The summed E-state index contributed by atoms with van der Waals surface area (Å²) in [6.07, 6.45) is 4.90. The minimum absolute atomic E-state index is 0.0111. The van der Waals surface area contributed by atoms with Gasteiger partial charge in [-0.25, -0.2) is 4.98 Å². The molecule has 0 saturated carbocycles. The predicted octanol–water partition coefficient (Wildman–Crippen LogP) is -1.40. The lowest BCUT2D eigenvalue weighted by molar-refractivity contribution is -0.0446. The topological polar surface area (TPSA) is 111 Å². The first-order valence-corrected chi connectivity index (χ1v) is 5.36. The number of amides is 1. The van der Waals surface area contributed by atoms with Gasteiger partial charge in [-0.1, -0.05) is 0 Å². The number of terminal acetylenes is 1. The Hall–Kier alpha value is -1.88. The van der Waals surface area contributed by atoms with Crippen LogP contribution < -0.4 is 5.73 Å². The summed E-state index contributed by atoms with van der Waals surface area (Å²) in [5.41, 5.74) is 5.34. The van der Waals surface area contributed by atoms with Gasteiger partial charge in [0.25, 0.3) is 5.91 Å². The summed E-state index contributed by atoms with van der Waals surface area (Å²) in [5, 5.41) is 18.6. The van der Waals surface area contributed by atoms with Gasteiger partial charge in [0, 0.05) is 6.42 Å². The standard InChI is InChI=1S/C11H13N3O4/c1-2-6-10(11(12)17)13-5-14(6)9-3-7(16)8(4-15)18-9/h1,5,7-9,15-16H,3-4H2,(H2,12,17)/t7-,8+,9+/m0/s1. The monoisotopic (exact) mass is 251 g/mol. The molecule has 96 valence electrons. The van der Waals surface area contributed by atoms with Crippen LogP contribution in [0.25, 0.3) is 0 Å². The zero-order chi connectivity index (χ0) is 13.3. The Morgan fingerprint density at radius 1 is 1.78 bits per heavy atom. The van der Waals surface area contributed by atoms with E-state index in [0.717, 1.165) is 0 Å². The highest BCUT2D eigenvalue weighted by Gasteiger charge is 2.35. The van der Waals surface area contributed by atoms with E-state index in [-0.39, 0.29) is 24.4 Å². The average molecular weight is 251 g/mol. The van der Waals surface area contributed by atoms with E-state index in [1.165, 1.54) is 10.9 Å². The first kappa shape index (κ1) is 12.6. The van der Waals surface area contributed by atoms with Crippen molar-refractivity contribution < 1.29 is 19.7 Å². The minimum atomic E-state index is -0.787. The third kappa shape index (κ3) is 1.97. The molecule has 1 aliphatic rings. The van der Waals surface area contributed by atoms with Gasteiger partial charge in [-0.2, -0.15) is 0 Å². The molecular formula is C11H13N3O4. The summed E-state index contributed by atoms with van der Waals surface area (Å²) in [7, 11) is 0. The first-order chi connectivity index (χ1) is 8.58. The number of ether oxygens (including phenoxy) is 1. The van der Waals surface area contributed by atoms with Crippen LogP contribution in [0.2, 0.25) is 0 Å². The van der Waals surface area contributed by atoms with Crippen LogP contribution in [0.3, 0.4) is 0 Å². The van der Waals surface area contributed by atoms with Gasteiger partial charge in [0.15, 0.2) is 5.69 Å². The fraction of sp³-hybridized carbons (Fsp3) is 0.455. The number of carbonyl (C=O) groups is 1. The second-order valence-corrected chi connectivity index (χ2v) is 3.97. The highest BCUT2D eigenvalue weighted by molar-refractivity contribution is 5.92. The molecule has 1 aromatic rings. The van der Waals surface area contributed by atoms with E-state index in [1.807, 2.05) is 0 Å². The smallest absolute Gasteiger partial charge is 0.270 e. The van der Waals surface area contributed by atoms with Crippen LogP contribution in [0.15, 0.2) is 6.33 Å². The van der Waals surface area contributed by atoms with Gasteiger partial charge in [0.2, 0.25) is 0 Å². The van der Waals surface area contributed by atoms with E-state index in [2.05, 4.69) is 10.9 Å². The highest BCUT2D eigenvalue weighted by atomic mass is 16.5. The number of imidazole rings is 1. The van der Waals surface area contributed by atoms with Gasteiger partial charge in [-0.15, -0.1) is 6.42 Å². The molecule has 1 saturated heterocycles. The van der Waals surface area contributed by atoms with E-state index in [0.29, 0.717) is 0 Å². The second kappa shape index (κ2) is 4.78. The Morgan fingerprint density at radius 3 is 3.00 bits per heavy atom. The van der Waals surface area contributed by atoms with E-state index < -0.39 is 24.3 Å². The molecule has 0 radical (unpaired) electrons. The molecule has 2 rings (SSSR count). The number of hydrogen-bond acceptors (Lipinski definition) is 5. The molecule has 1 fully saturated rings. The van der Waals surface area contributed by atoms with E-state index in [9.17, 15) is 9.90 Å². The number of nitrogens with two attached hydrogens (primary N) is 1. The van der Waals surface area contributed by atoms with Gasteiger partial charge in [0.1, 0.15) is 18.0 Å². The minimum Gasteiger partial charge on any atom is -0.394 e. The van der Waals surface area contributed by atoms with Gasteiger partial charge in [-0.05, 0) is 5.92 Å². The molecule has 0 unspecified atom stereocenters. The summed E-state index contributed by atoms with van der Waals surface area (Å²) in [5.74, 6) is 1.60. The molecule has 1 amide bonds. The molecule has 0 spiro atoms. The normalized spacial score (nSPS) is 27.1. The van der Waals surface area contributed by atoms with Crippen LogP contribution in [-0.2, 0) is 4.74 Å². The third-order valence-corrected chi connectivity index (χ3v) is 2.86. The first-order valence-electron chi connectivity index (χ1n) is 5.36. The number of aliphatic hydroxyl groups is 2. The van der Waals surface area contributed by atoms with Crippen LogP contribution in [0, 0.1) is 12.3 Å². The Balaban J connectivity index is 2.31. The van der Waals surface area contributed by atoms with Gasteiger partial charge >= 0.3 is 0 Å². The number of hydrogen-bond donors (Lipinski definition) is 3. The molecule has 2 heterocycles. The Morgan fingerprint density at radius 2 is 2.50 bits per heavy atom. The zero-order valence-corrected chi connectivity index (χ0v) is 9.48. The predicted molar refractivity (Wildman–Crippen MR) is 60.3 cm³/mol. The van der Waals surface area contributed by atoms with E-state index >= 15 is 0 Å². The summed E-state index contributed by atoms with van der Waals surface area (Å²) in [6.45, 7) is -0.291. The summed E-state index contributed by atoms with van der Waals surface area (Å²) in [4.78, 5) is 14.9. The number of rotatable bonds is 3. The molecule has 3 atom stereocenters. The van der Waals surface area contributed by atoms with Gasteiger partial charge in [-0.3, -0.25) is 9.36 Å². The number of primary amides is 1. The fourth-order valence-corrected chi connectivity index (χ4v) is 1.95. The quantitative estimate of drug-likeness (QED) is 0.572. The van der Waals surface area contributed by atoms with Crippen LogP contribution >= 0.6 is 0 Å². The van der Waals surface area contributed by atoms with Crippen LogP contribution in [0.4, 0.5) is 0 Å².